The van der Waals surface area contributed by atoms with Crippen LogP contribution < -0.4 is 5.32 Å². The van der Waals surface area contributed by atoms with E-state index < -0.39 is 0 Å². The second-order valence-electron chi connectivity index (χ2n) is 3.54. The molecule has 0 saturated heterocycles. The van der Waals surface area contributed by atoms with Gasteiger partial charge in [-0.2, -0.15) is 0 Å². The van der Waals surface area contributed by atoms with E-state index in [0.717, 1.165) is 12.8 Å². The van der Waals surface area contributed by atoms with Crippen LogP contribution >= 0.6 is 0 Å². The maximum atomic E-state index is 3.14. The largest absolute Gasteiger partial charge is 0.368 e. The SMILES string of the molecule is C1#CCCCCCC1.C1=CC=CNC=C1. The molecule has 0 unspecified atom stereocenters. The molecule has 2 rings (SSSR count). The summed E-state index contributed by atoms with van der Waals surface area (Å²) in [6, 6.07) is 0. The lowest BCUT2D eigenvalue weighted by Gasteiger charge is -1.97. The second kappa shape index (κ2) is 9.15. The van der Waals surface area contributed by atoms with E-state index in [4.69, 9.17) is 0 Å². The van der Waals surface area contributed by atoms with Gasteiger partial charge in [-0.3, -0.25) is 0 Å². The molecule has 0 aromatic heterocycles. The standard InChI is InChI=1S/C8H12.C6H7N/c1-2-4-6-8-7-5-3-1;1-2-4-6-7-5-3-1/h1-6H2;1-7H. The van der Waals surface area contributed by atoms with Gasteiger partial charge in [-0.05, 0) is 25.0 Å². The summed E-state index contributed by atoms with van der Waals surface area (Å²) in [7, 11) is 0. The van der Waals surface area contributed by atoms with Crippen molar-refractivity contribution in [3.05, 3.63) is 36.7 Å². The summed E-state index contributed by atoms with van der Waals surface area (Å²) in [6.45, 7) is 0. The molecule has 1 heterocycles. The van der Waals surface area contributed by atoms with Crippen molar-refractivity contribution in [1.29, 1.82) is 0 Å². The fourth-order valence-corrected chi connectivity index (χ4v) is 1.36. The number of rotatable bonds is 0. The lowest BCUT2D eigenvalue weighted by atomic mass is 10.1. The first-order chi connectivity index (χ1) is 7.50. The fraction of sp³-hybridized carbons (Fsp3) is 0.429. The molecule has 1 nitrogen and oxygen atoms in total. The first-order valence-corrected chi connectivity index (χ1v) is 5.70. The summed E-state index contributed by atoms with van der Waals surface area (Å²) in [5.74, 6) is 6.27. The van der Waals surface area contributed by atoms with E-state index in [0.29, 0.717) is 0 Å². The molecule has 0 aromatic rings. The fourth-order valence-electron chi connectivity index (χ4n) is 1.36. The second-order valence-corrected chi connectivity index (χ2v) is 3.54. The average molecular weight is 201 g/mol. The molecule has 0 fully saturated rings. The van der Waals surface area contributed by atoms with Crippen molar-refractivity contribution in [3.63, 3.8) is 0 Å². The van der Waals surface area contributed by atoms with Crippen LogP contribution in [0.1, 0.15) is 38.5 Å². The molecule has 0 radical (unpaired) electrons. The Bertz CT molecular complexity index is 260. The molecule has 0 bridgehead atoms. The summed E-state index contributed by atoms with van der Waals surface area (Å²) < 4.78 is 0. The molecular weight excluding hydrogens is 182 g/mol. The molecular formula is C14H19N. The van der Waals surface area contributed by atoms with E-state index in [1.807, 2.05) is 36.7 Å². The normalized spacial score (nSPS) is 18.1. The Kier molecular flexibility index (Phi) is 7.11. The Morgan fingerprint density at radius 1 is 0.667 bits per heavy atom. The molecule has 0 aromatic carbocycles. The third kappa shape index (κ3) is 7.64. The van der Waals surface area contributed by atoms with Gasteiger partial charge < -0.3 is 5.32 Å². The quantitative estimate of drug-likeness (QED) is 0.591. The van der Waals surface area contributed by atoms with Crippen LogP contribution in [0.2, 0.25) is 0 Å². The Hall–Kier alpha value is -1.42. The van der Waals surface area contributed by atoms with Gasteiger partial charge in [-0.15, -0.1) is 11.8 Å². The highest BCUT2D eigenvalue weighted by Crippen LogP contribution is 2.06. The molecule has 0 atom stereocenters. The van der Waals surface area contributed by atoms with E-state index in [-0.39, 0.29) is 0 Å². The topological polar surface area (TPSA) is 12.0 Å². The highest BCUT2D eigenvalue weighted by Gasteiger charge is 1.89. The van der Waals surface area contributed by atoms with Gasteiger partial charge >= 0.3 is 0 Å². The van der Waals surface area contributed by atoms with Gasteiger partial charge in [0.05, 0.1) is 0 Å². The van der Waals surface area contributed by atoms with Crippen LogP contribution in [0.25, 0.3) is 0 Å². The average Bonchev–Trinajstić information content (AvgIpc) is 2.48. The minimum atomic E-state index is 1.14. The first kappa shape index (κ1) is 11.7. The summed E-state index contributed by atoms with van der Waals surface area (Å²) in [6.07, 6.45) is 19.3. The van der Waals surface area contributed by atoms with Crippen LogP contribution in [0.4, 0.5) is 0 Å². The molecule has 2 aliphatic rings. The number of hydrogen-bond donors (Lipinski definition) is 1. The van der Waals surface area contributed by atoms with Crippen LogP contribution in [0, 0.1) is 11.8 Å². The van der Waals surface area contributed by atoms with E-state index in [1.165, 1.54) is 25.7 Å². The number of allylic oxidation sites excluding steroid dienone is 4. The highest BCUT2D eigenvalue weighted by molar-refractivity contribution is 5.14. The summed E-state index contributed by atoms with van der Waals surface area (Å²) in [4.78, 5) is 0. The van der Waals surface area contributed by atoms with Crippen molar-refractivity contribution in [2.24, 2.45) is 0 Å². The van der Waals surface area contributed by atoms with Gasteiger partial charge in [0.25, 0.3) is 0 Å². The third-order valence-corrected chi connectivity index (χ3v) is 2.20. The van der Waals surface area contributed by atoms with E-state index in [9.17, 15) is 0 Å². The number of nitrogens with one attached hydrogen (secondary N) is 1. The maximum absolute atomic E-state index is 3.14. The zero-order chi connectivity index (χ0) is 10.6. The minimum Gasteiger partial charge on any atom is -0.368 e. The van der Waals surface area contributed by atoms with E-state index in [1.54, 1.807) is 0 Å². The maximum Gasteiger partial charge on any atom is 0.00886 e. The molecule has 0 amide bonds. The zero-order valence-electron chi connectivity index (χ0n) is 9.21. The van der Waals surface area contributed by atoms with Gasteiger partial charge in [0.1, 0.15) is 0 Å². The summed E-state index contributed by atoms with van der Waals surface area (Å²) >= 11 is 0. The molecule has 1 aliphatic carbocycles. The molecule has 80 valence electrons. The predicted octanol–water partition coefficient (Wildman–Crippen LogP) is 3.52. The van der Waals surface area contributed by atoms with Crippen LogP contribution in [0.15, 0.2) is 36.7 Å². The van der Waals surface area contributed by atoms with Crippen molar-refractivity contribution < 1.29 is 0 Å². The molecule has 1 N–H and O–H groups in total. The lowest BCUT2D eigenvalue weighted by Crippen LogP contribution is -1.87. The minimum absolute atomic E-state index is 1.14. The Labute approximate surface area is 93.0 Å². The van der Waals surface area contributed by atoms with Crippen molar-refractivity contribution in [2.75, 3.05) is 0 Å². The predicted molar refractivity (Wildman–Crippen MR) is 66.0 cm³/mol. The van der Waals surface area contributed by atoms with Crippen LogP contribution in [-0.2, 0) is 0 Å². The van der Waals surface area contributed by atoms with Crippen molar-refractivity contribution in [3.8, 4) is 11.8 Å². The van der Waals surface area contributed by atoms with Gasteiger partial charge in [-0.1, -0.05) is 25.0 Å². The number of hydrogen-bond acceptors (Lipinski definition) is 1. The highest BCUT2D eigenvalue weighted by atomic mass is 14.8. The Morgan fingerprint density at radius 3 is 1.73 bits per heavy atom. The molecule has 1 aliphatic heterocycles. The molecule has 15 heavy (non-hydrogen) atoms. The molecule has 0 spiro atoms. The van der Waals surface area contributed by atoms with Crippen molar-refractivity contribution >= 4 is 0 Å². The van der Waals surface area contributed by atoms with Crippen LogP contribution in [0.5, 0.6) is 0 Å². The van der Waals surface area contributed by atoms with Gasteiger partial charge in [0.15, 0.2) is 0 Å². The lowest BCUT2D eigenvalue weighted by molar-refractivity contribution is 0.652. The van der Waals surface area contributed by atoms with Gasteiger partial charge in [0, 0.05) is 25.2 Å². The van der Waals surface area contributed by atoms with Crippen LogP contribution in [0.3, 0.4) is 0 Å². The van der Waals surface area contributed by atoms with Crippen LogP contribution in [-0.4, -0.2) is 0 Å². The summed E-state index contributed by atoms with van der Waals surface area (Å²) in [5, 5.41) is 2.92. The van der Waals surface area contributed by atoms with Crippen molar-refractivity contribution in [2.45, 2.75) is 38.5 Å². The first-order valence-electron chi connectivity index (χ1n) is 5.70. The summed E-state index contributed by atoms with van der Waals surface area (Å²) in [5.41, 5.74) is 0. The molecule has 0 saturated carbocycles. The van der Waals surface area contributed by atoms with E-state index in [2.05, 4.69) is 17.2 Å². The van der Waals surface area contributed by atoms with Crippen molar-refractivity contribution in [1.82, 2.24) is 5.32 Å². The Morgan fingerprint density at radius 2 is 1.20 bits per heavy atom. The zero-order valence-corrected chi connectivity index (χ0v) is 9.21. The Balaban J connectivity index is 0.000000151. The van der Waals surface area contributed by atoms with Gasteiger partial charge in [-0.25, -0.2) is 0 Å². The van der Waals surface area contributed by atoms with Gasteiger partial charge in [0.2, 0.25) is 0 Å². The monoisotopic (exact) mass is 201 g/mol. The smallest absolute Gasteiger partial charge is 0.00886 e. The third-order valence-electron chi connectivity index (χ3n) is 2.20. The van der Waals surface area contributed by atoms with E-state index >= 15 is 0 Å². The molecule has 1 heteroatoms.